The Kier molecular flexibility index (Phi) is 4.12. The van der Waals surface area contributed by atoms with Gasteiger partial charge in [0.25, 0.3) is 0 Å². The molecule has 0 aliphatic heterocycles. The van der Waals surface area contributed by atoms with Crippen LogP contribution in [-0.2, 0) is 9.53 Å². The van der Waals surface area contributed by atoms with Crippen LogP contribution in [0.5, 0.6) is 5.75 Å². The number of hydrogen-bond donors (Lipinski definition) is 2. The molecule has 0 aromatic heterocycles. The molecule has 0 aliphatic rings. The second kappa shape index (κ2) is 5.36. The van der Waals surface area contributed by atoms with Gasteiger partial charge in [-0.05, 0) is 31.7 Å². The Labute approximate surface area is 88.9 Å². The molecule has 4 nitrogen and oxygen atoms in total. The molecule has 1 aromatic carbocycles. The zero-order valence-corrected chi connectivity index (χ0v) is 8.86. The number of phenolic OH excluding ortho intramolecular Hbond substituents is 1. The smallest absolute Gasteiger partial charge is 0.327 e. The van der Waals surface area contributed by atoms with Crippen molar-refractivity contribution in [2.45, 2.75) is 13.0 Å². The number of carbonyl (C=O) groups is 1. The molecule has 1 unspecified atom stereocenters. The van der Waals surface area contributed by atoms with Crippen LogP contribution in [0.3, 0.4) is 0 Å². The van der Waals surface area contributed by atoms with Gasteiger partial charge in [-0.1, -0.05) is 12.1 Å². The van der Waals surface area contributed by atoms with Gasteiger partial charge >= 0.3 is 5.97 Å². The second-order valence-corrected chi connectivity index (χ2v) is 3.07. The highest BCUT2D eigenvalue weighted by atomic mass is 16.5. The van der Waals surface area contributed by atoms with E-state index < -0.39 is 6.04 Å². The largest absolute Gasteiger partial charge is 0.508 e. The van der Waals surface area contributed by atoms with Crippen LogP contribution in [0.15, 0.2) is 24.3 Å². The van der Waals surface area contributed by atoms with E-state index in [1.54, 1.807) is 38.2 Å². The lowest BCUT2D eigenvalue weighted by molar-refractivity contribution is -0.145. The van der Waals surface area contributed by atoms with Gasteiger partial charge < -0.3 is 15.2 Å². The molecule has 0 bridgehead atoms. The van der Waals surface area contributed by atoms with E-state index in [-0.39, 0.29) is 11.7 Å². The number of benzene rings is 1. The number of likely N-dealkylation sites (N-methyl/N-ethyl adjacent to an activating group) is 1. The molecule has 2 N–H and O–H groups in total. The fourth-order valence-corrected chi connectivity index (χ4v) is 1.31. The molecule has 0 saturated heterocycles. The molecule has 1 aromatic rings. The summed E-state index contributed by atoms with van der Waals surface area (Å²) < 4.78 is 4.92. The van der Waals surface area contributed by atoms with Crippen LogP contribution in [0.1, 0.15) is 18.5 Å². The van der Waals surface area contributed by atoms with Gasteiger partial charge in [-0.3, -0.25) is 0 Å². The van der Waals surface area contributed by atoms with Crippen molar-refractivity contribution in [1.82, 2.24) is 5.32 Å². The van der Waals surface area contributed by atoms with Gasteiger partial charge in [0, 0.05) is 0 Å². The van der Waals surface area contributed by atoms with E-state index in [1.165, 1.54) is 0 Å². The number of hydrogen-bond acceptors (Lipinski definition) is 4. The molecular formula is C11H15NO3. The summed E-state index contributed by atoms with van der Waals surface area (Å²) in [5.41, 5.74) is 0.772. The van der Waals surface area contributed by atoms with Crippen LogP contribution in [0.4, 0.5) is 0 Å². The summed E-state index contributed by atoms with van der Waals surface area (Å²) in [7, 11) is 1.69. The lowest BCUT2D eigenvalue weighted by Gasteiger charge is -2.14. The summed E-state index contributed by atoms with van der Waals surface area (Å²) in [5, 5.41) is 12.0. The van der Waals surface area contributed by atoms with Crippen molar-refractivity contribution in [2.75, 3.05) is 13.7 Å². The number of rotatable bonds is 4. The third kappa shape index (κ3) is 2.95. The topological polar surface area (TPSA) is 58.6 Å². The fraction of sp³-hybridized carbons (Fsp3) is 0.364. The number of phenols is 1. The predicted octanol–water partition coefficient (Wildman–Crippen LogP) is 1.22. The zero-order valence-electron chi connectivity index (χ0n) is 8.86. The molecule has 1 rings (SSSR count). The number of esters is 1. The van der Waals surface area contributed by atoms with E-state index in [0.717, 1.165) is 5.56 Å². The Bertz CT molecular complexity index is 321. The van der Waals surface area contributed by atoms with Crippen molar-refractivity contribution in [3.63, 3.8) is 0 Å². The van der Waals surface area contributed by atoms with Crippen LogP contribution in [-0.4, -0.2) is 24.7 Å². The first kappa shape index (κ1) is 11.5. The maximum atomic E-state index is 11.5. The summed E-state index contributed by atoms with van der Waals surface area (Å²) in [6.07, 6.45) is 0. The quantitative estimate of drug-likeness (QED) is 0.732. The molecular weight excluding hydrogens is 194 g/mol. The van der Waals surface area contributed by atoms with Crippen molar-refractivity contribution in [2.24, 2.45) is 0 Å². The molecule has 15 heavy (non-hydrogen) atoms. The van der Waals surface area contributed by atoms with Crippen molar-refractivity contribution in [3.05, 3.63) is 29.8 Å². The number of ether oxygens (including phenoxy) is 1. The lowest BCUT2D eigenvalue weighted by Crippen LogP contribution is -2.27. The summed E-state index contributed by atoms with van der Waals surface area (Å²) in [4.78, 5) is 11.5. The highest BCUT2D eigenvalue weighted by molar-refractivity contribution is 5.77. The highest BCUT2D eigenvalue weighted by Gasteiger charge is 2.19. The maximum absolute atomic E-state index is 11.5. The first-order chi connectivity index (χ1) is 7.19. The number of carbonyl (C=O) groups excluding carboxylic acids is 1. The molecule has 0 spiro atoms. The Balaban J connectivity index is 2.82. The van der Waals surface area contributed by atoms with Crippen LogP contribution in [0.2, 0.25) is 0 Å². The maximum Gasteiger partial charge on any atom is 0.327 e. The standard InChI is InChI=1S/C11H15NO3/c1-3-15-11(14)10(12-2)8-4-6-9(13)7-5-8/h4-7,10,12-13H,3H2,1-2H3. The number of nitrogens with one attached hydrogen (secondary N) is 1. The molecule has 0 saturated carbocycles. The van der Waals surface area contributed by atoms with Gasteiger partial charge in [-0.15, -0.1) is 0 Å². The summed E-state index contributed by atoms with van der Waals surface area (Å²) >= 11 is 0. The fourth-order valence-electron chi connectivity index (χ4n) is 1.31. The molecule has 0 amide bonds. The van der Waals surface area contributed by atoms with E-state index in [0.29, 0.717) is 6.61 Å². The van der Waals surface area contributed by atoms with Crippen LogP contribution in [0, 0.1) is 0 Å². The molecule has 82 valence electrons. The van der Waals surface area contributed by atoms with Gasteiger partial charge in [0.05, 0.1) is 6.61 Å². The Morgan fingerprint density at radius 3 is 2.53 bits per heavy atom. The van der Waals surface area contributed by atoms with Gasteiger partial charge in [-0.2, -0.15) is 0 Å². The van der Waals surface area contributed by atoms with Crippen molar-refractivity contribution >= 4 is 5.97 Å². The molecule has 0 heterocycles. The SMILES string of the molecule is CCOC(=O)C(NC)c1ccc(O)cc1. The van der Waals surface area contributed by atoms with Crippen molar-refractivity contribution in [1.29, 1.82) is 0 Å². The average Bonchev–Trinajstić information content (AvgIpc) is 2.22. The van der Waals surface area contributed by atoms with E-state index >= 15 is 0 Å². The highest BCUT2D eigenvalue weighted by Crippen LogP contribution is 2.17. The average molecular weight is 209 g/mol. The van der Waals surface area contributed by atoms with Crippen LogP contribution in [0.25, 0.3) is 0 Å². The van der Waals surface area contributed by atoms with Crippen molar-refractivity contribution < 1.29 is 14.6 Å². The third-order valence-electron chi connectivity index (χ3n) is 2.04. The molecule has 4 heteroatoms. The molecule has 0 radical (unpaired) electrons. The first-order valence-electron chi connectivity index (χ1n) is 4.82. The Morgan fingerprint density at radius 2 is 2.07 bits per heavy atom. The lowest BCUT2D eigenvalue weighted by atomic mass is 10.1. The minimum Gasteiger partial charge on any atom is -0.508 e. The second-order valence-electron chi connectivity index (χ2n) is 3.07. The van der Waals surface area contributed by atoms with Crippen LogP contribution < -0.4 is 5.32 Å². The minimum absolute atomic E-state index is 0.178. The Morgan fingerprint density at radius 1 is 1.47 bits per heavy atom. The van der Waals surface area contributed by atoms with E-state index in [2.05, 4.69) is 5.32 Å². The monoisotopic (exact) mass is 209 g/mol. The minimum atomic E-state index is -0.481. The molecule has 0 fully saturated rings. The summed E-state index contributed by atoms with van der Waals surface area (Å²) in [6, 6.07) is 5.98. The van der Waals surface area contributed by atoms with E-state index in [9.17, 15) is 4.79 Å². The first-order valence-corrected chi connectivity index (χ1v) is 4.82. The molecule has 1 atom stereocenters. The summed E-state index contributed by atoms with van der Waals surface area (Å²) in [6.45, 7) is 2.12. The van der Waals surface area contributed by atoms with Gasteiger partial charge in [0.15, 0.2) is 0 Å². The Hall–Kier alpha value is -1.55. The third-order valence-corrected chi connectivity index (χ3v) is 2.04. The zero-order chi connectivity index (χ0) is 11.3. The van der Waals surface area contributed by atoms with Gasteiger partial charge in [-0.25, -0.2) is 4.79 Å². The predicted molar refractivity (Wildman–Crippen MR) is 56.5 cm³/mol. The van der Waals surface area contributed by atoms with Gasteiger partial charge in [0.1, 0.15) is 11.8 Å². The molecule has 0 aliphatic carbocycles. The number of aromatic hydroxyl groups is 1. The van der Waals surface area contributed by atoms with E-state index in [1.807, 2.05) is 0 Å². The van der Waals surface area contributed by atoms with E-state index in [4.69, 9.17) is 9.84 Å². The summed E-state index contributed by atoms with van der Waals surface area (Å²) in [5.74, 6) is -0.136. The van der Waals surface area contributed by atoms with Crippen molar-refractivity contribution in [3.8, 4) is 5.75 Å². The van der Waals surface area contributed by atoms with Crippen LogP contribution >= 0.6 is 0 Å². The normalized spacial score (nSPS) is 12.1. The van der Waals surface area contributed by atoms with Gasteiger partial charge in [0.2, 0.25) is 0 Å².